The molecule has 0 spiro atoms. The normalized spacial score (nSPS) is 18.5. The lowest BCUT2D eigenvalue weighted by molar-refractivity contribution is 0.253. The Hall–Kier alpha value is -0.820. The monoisotopic (exact) mass is 203 g/mol. The van der Waals surface area contributed by atoms with Crippen LogP contribution in [0, 0.1) is 12.8 Å². The minimum absolute atomic E-state index is 0.429. The molecule has 1 unspecified atom stereocenters. The Morgan fingerprint density at radius 2 is 2.07 bits per heavy atom. The van der Waals surface area contributed by atoms with Gasteiger partial charge in [-0.1, -0.05) is 30.7 Å². The molecule has 1 fully saturated rings. The zero-order valence-corrected chi connectivity index (χ0v) is 9.58. The number of rotatable bonds is 4. The largest absolute Gasteiger partial charge is 0.327 e. The lowest BCUT2D eigenvalue weighted by Gasteiger charge is -2.31. The van der Waals surface area contributed by atoms with Crippen molar-refractivity contribution in [3.05, 3.63) is 35.4 Å². The van der Waals surface area contributed by atoms with Gasteiger partial charge in [-0.2, -0.15) is 0 Å². The minimum Gasteiger partial charge on any atom is -0.327 e. The van der Waals surface area contributed by atoms with Crippen molar-refractivity contribution in [1.29, 1.82) is 0 Å². The Balaban J connectivity index is 1.84. The van der Waals surface area contributed by atoms with Gasteiger partial charge in [0.2, 0.25) is 0 Å². The topological polar surface area (TPSA) is 26.0 Å². The first kappa shape index (κ1) is 10.7. The third kappa shape index (κ3) is 2.60. The van der Waals surface area contributed by atoms with Crippen molar-refractivity contribution in [3.63, 3.8) is 0 Å². The van der Waals surface area contributed by atoms with Gasteiger partial charge in [-0.25, -0.2) is 0 Å². The average Bonchev–Trinajstić information content (AvgIpc) is 2.14. The van der Waals surface area contributed by atoms with Gasteiger partial charge in [0.15, 0.2) is 0 Å². The van der Waals surface area contributed by atoms with E-state index >= 15 is 0 Å². The van der Waals surface area contributed by atoms with Gasteiger partial charge in [0.25, 0.3) is 0 Å². The van der Waals surface area contributed by atoms with Crippen molar-refractivity contribution in [2.45, 2.75) is 45.1 Å². The zero-order valence-electron chi connectivity index (χ0n) is 9.58. The van der Waals surface area contributed by atoms with Gasteiger partial charge in [-0.3, -0.25) is 0 Å². The second kappa shape index (κ2) is 4.80. The molecule has 0 aromatic heterocycles. The summed E-state index contributed by atoms with van der Waals surface area (Å²) in [6.45, 7) is 2.18. The van der Waals surface area contributed by atoms with E-state index in [0.29, 0.717) is 6.04 Å². The summed E-state index contributed by atoms with van der Waals surface area (Å²) in [6.07, 6.45) is 6.40. The maximum atomic E-state index is 6.18. The molecule has 0 saturated heterocycles. The second-order valence-electron chi connectivity index (χ2n) is 4.82. The quantitative estimate of drug-likeness (QED) is 0.799. The van der Waals surface area contributed by atoms with Crippen LogP contribution in [0.3, 0.4) is 0 Å². The Kier molecular flexibility index (Phi) is 3.42. The van der Waals surface area contributed by atoms with Gasteiger partial charge >= 0.3 is 0 Å². The summed E-state index contributed by atoms with van der Waals surface area (Å²) < 4.78 is 0. The van der Waals surface area contributed by atoms with E-state index in [1.54, 1.807) is 0 Å². The molecule has 1 aliphatic carbocycles. The fourth-order valence-corrected chi connectivity index (χ4v) is 2.32. The molecular weight excluding hydrogens is 182 g/mol. The van der Waals surface area contributed by atoms with E-state index < -0.39 is 0 Å². The van der Waals surface area contributed by atoms with Gasteiger partial charge < -0.3 is 5.73 Å². The van der Waals surface area contributed by atoms with Crippen LogP contribution in [0.25, 0.3) is 0 Å². The molecule has 0 heterocycles. The van der Waals surface area contributed by atoms with Crippen LogP contribution in [-0.4, -0.2) is 6.04 Å². The van der Waals surface area contributed by atoms with Crippen molar-refractivity contribution in [2.75, 3.05) is 0 Å². The molecule has 15 heavy (non-hydrogen) atoms. The van der Waals surface area contributed by atoms with Crippen molar-refractivity contribution in [2.24, 2.45) is 11.7 Å². The van der Waals surface area contributed by atoms with Crippen molar-refractivity contribution in [1.82, 2.24) is 0 Å². The van der Waals surface area contributed by atoms with E-state index in [1.807, 2.05) is 0 Å². The average molecular weight is 203 g/mol. The zero-order chi connectivity index (χ0) is 10.7. The highest BCUT2D eigenvalue weighted by Gasteiger charge is 2.23. The lowest BCUT2D eigenvalue weighted by atomic mass is 9.78. The van der Waals surface area contributed by atoms with Gasteiger partial charge in [-0.15, -0.1) is 0 Å². The first-order chi connectivity index (χ1) is 7.27. The summed E-state index contributed by atoms with van der Waals surface area (Å²) in [7, 11) is 0. The minimum atomic E-state index is 0.429. The van der Waals surface area contributed by atoms with Crippen LogP contribution in [0.4, 0.5) is 0 Å². The molecule has 1 heteroatoms. The molecule has 82 valence electrons. The summed E-state index contributed by atoms with van der Waals surface area (Å²) in [5.41, 5.74) is 9.04. The van der Waals surface area contributed by atoms with Crippen molar-refractivity contribution >= 4 is 0 Å². The molecule has 1 nitrogen and oxygen atoms in total. The van der Waals surface area contributed by atoms with Crippen LogP contribution >= 0.6 is 0 Å². The number of benzene rings is 1. The summed E-state index contributed by atoms with van der Waals surface area (Å²) in [6, 6.07) is 9.06. The first-order valence-corrected chi connectivity index (χ1v) is 6.07. The van der Waals surface area contributed by atoms with Gasteiger partial charge in [-0.05, 0) is 49.7 Å². The van der Waals surface area contributed by atoms with E-state index in [0.717, 1.165) is 18.8 Å². The fraction of sp³-hybridized carbons (Fsp3) is 0.571. The van der Waals surface area contributed by atoms with Gasteiger partial charge in [0, 0.05) is 6.04 Å². The van der Waals surface area contributed by atoms with E-state index in [1.165, 1.54) is 30.4 Å². The van der Waals surface area contributed by atoms with Crippen LogP contribution < -0.4 is 5.73 Å². The Morgan fingerprint density at radius 1 is 1.33 bits per heavy atom. The maximum absolute atomic E-state index is 6.18. The second-order valence-corrected chi connectivity index (χ2v) is 4.82. The molecule has 2 rings (SSSR count). The van der Waals surface area contributed by atoms with E-state index in [4.69, 9.17) is 5.73 Å². The molecule has 1 saturated carbocycles. The maximum Gasteiger partial charge on any atom is 0.00703 e. The van der Waals surface area contributed by atoms with E-state index in [-0.39, 0.29) is 0 Å². The molecule has 1 aliphatic rings. The Bertz CT molecular complexity index is 315. The fourth-order valence-electron chi connectivity index (χ4n) is 2.32. The summed E-state index contributed by atoms with van der Waals surface area (Å²) >= 11 is 0. The molecular formula is C14H21N. The van der Waals surface area contributed by atoms with Crippen molar-refractivity contribution < 1.29 is 0 Å². The van der Waals surface area contributed by atoms with Crippen LogP contribution in [0.2, 0.25) is 0 Å². The lowest BCUT2D eigenvalue weighted by Crippen LogP contribution is -2.34. The third-order valence-corrected chi connectivity index (χ3v) is 3.76. The van der Waals surface area contributed by atoms with E-state index in [9.17, 15) is 0 Å². The summed E-state index contributed by atoms with van der Waals surface area (Å²) in [5.74, 6) is 0.814. The van der Waals surface area contributed by atoms with Crippen LogP contribution in [-0.2, 0) is 6.42 Å². The van der Waals surface area contributed by atoms with Crippen LogP contribution in [0.5, 0.6) is 0 Å². The molecule has 0 bridgehead atoms. The number of hydrogen-bond donors (Lipinski definition) is 1. The highest BCUT2D eigenvalue weighted by molar-refractivity contribution is 5.25. The van der Waals surface area contributed by atoms with Crippen LogP contribution in [0.15, 0.2) is 24.3 Å². The number of hydrogen-bond acceptors (Lipinski definition) is 1. The van der Waals surface area contributed by atoms with Crippen LogP contribution in [0.1, 0.15) is 36.8 Å². The van der Waals surface area contributed by atoms with Crippen molar-refractivity contribution in [3.8, 4) is 0 Å². The third-order valence-electron chi connectivity index (χ3n) is 3.76. The smallest absolute Gasteiger partial charge is 0.00703 e. The standard InChI is InChI=1S/C14H21N/c1-11-5-2-3-6-12(11)9-10-14(15)13-7-4-8-13/h2-3,5-6,13-14H,4,7-10,15H2,1H3. The SMILES string of the molecule is Cc1ccccc1CCC(N)C1CCC1. The molecule has 0 radical (unpaired) electrons. The highest BCUT2D eigenvalue weighted by atomic mass is 14.7. The molecule has 1 aromatic rings. The Labute approximate surface area is 92.7 Å². The Morgan fingerprint density at radius 3 is 2.67 bits per heavy atom. The predicted molar refractivity (Wildman–Crippen MR) is 64.8 cm³/mol. The molecule has 0 amide bonds. The first-order valence-electron chi connectivity index (χ1n) is 6.07. The molecule has 2 N–H and O–H groups in total. The molecule has 0 aliphatic heterocycles. The highest BCUT2D eigenvalue weighted by Crippen LogP contribution is 2.30. The summed E-state index contributed by atoms with van der Waals surface area (Å²) in [4.78, 5) is 0. The number of nitrogens with two attached hydrogens (primary N) is 1. The summed E-state index contributed by atoms with van der Waals surface area (Å²) in [5, 5.41) is 0. The van der Waals surface area contributed by atoms with E-state index in [2.05, 4.69) is 31.2 Å². The molecule has 1 aromatic carbocycles. The predicted octanol–water partition coefficient (Wildman–Crippen LogP) is 3.06. The molecule has 1 atom stereocenters. The van der Waals surface area contributed by atoms with Gasteiger partial charge in [0.1, 0.15) is 0 Å². The number of aryl methyl sites for hydroxylation is 2. The van der Waals surface area contributed by atoms with Gasteiger partial charge in [0.05, 0.1) is 0 Å².